The number of ether oxygens (including phenoxy) is 4. The van der Waals surface area contributed by atoms with E-state index >= 15 is 0 Å². The van der Waals surface area contributed by atoms with Gasteiger partial charge in [-0.3, -0.25) is 37.3 Å². The van der Waals surface area contributed by atoms with Gasteiger partial charge in [0, 0.05) is 25.7 Å². The van der Waals surface area contributed by atoms with Crippen LogP contribution in [0.15, 0.2) is 0 Å². The molecule has 0 heterocycles. The highest BCUT2D eigenvalue weighted by molar-refractivity contribution is 7.47. The third-order valence-corrected chi connectivity index (χ3v) is 19.7. The molecule has 0 bridgehead atoms. The fourth-order valence-electron chi connectivity index (χ4n) is 11.4. The second-order valence-corrected chi connectivity index (χ2v) is 30.7. The van der Waals surface area contributed by atoms with Crippen LogP contribution in [0.5, 0.6) is 0 Å². The lowest BCUT2D eigenvalue weighted by molar-refractivity contribution is -0.161. The van der Waals surface area contributed by atoms with Gasteiger partial charge in [-0.2, -0.15) is 0 Å². The Hall–Kier alpha value is -1.94. The molecule has 0 aliphatic carbocycles. The van der Waals surface area contributed by atoms with E-state index in [0.717, 1.165) is 102 Å². The molecule has 0 saturated heterocycles. The average Bonchev–Trinajstić information content (AvgIpc) is 1.36. The molecule has 0 amide bonds. The Bertz CT molecular complexity index is 1820. The molecule has 0 fully saturated rings. The summed E-state index contributed by atoms with van der Waals surface area (Å²) in [4.78, 5) is 72.8. The van der Waals surface area contributed by atoms with E-state index in [4.69, 9.17) is 37.0 Å². The van der Waals surface area contributed by atoms with Gasteiger partial charge >= 0.3 is 39.5 Å². The van der Waals surface area contributed by atoms with Gasteiger partial charge in [0.25, 0.3) is 0 Å². The molecule has 0 spiro atoms. The lowest BCUT2D eigenvalue weighted by atomic mass is 9.99. The van der Waals surface area contributed by atoms with Crippen molar-refractivity contribution in [2.24, 2.45) is 11.8 Å². The van der Waals surface area contributed by atoms with Gasteiger partial charge in [0.2, 0.25) is 0 Å². The Kier molecular flexibility index (Phi) is 65.5. The highest BCUT2D eigenvalue weighted by atomic mass is 31.2. The van der Waals surface area contributed by atoms with Gasteiger partial charge in [0.1, 0.15) is 19.3 Å². The molecule has 0 aromatic rings. The predicted octanol–water partition coefficient (Wildman–Crippen LogP) is 21.9. The quantitative estimate of drug-likeness (QED) is 0.0222. The molecule has 0 rings (SSSR count). The third-order valence-electron chi connectivity index (χ3n) is 17.8. The zero-order valence-corrected chi connectivity index (χ0v) is 63.1. The maximum atomic E-state index is 13.1. The topological polar surface area (TPSA) is 237 Å². The maximum absolute atomic E-state index is 13.1. The Morgan fingerprint density at radius 3 is 0.809 bits per heavy atom. The van der Waals surface area contributed by atoms with Crippen LogP contribution < -0.4 is 0 Å². The van der Waals surface area contributed by atoms with E-state index in [1.54, 1.807) is 0 Å². The first kappa shape index (κ1) is 92.1. The number of phosphoric acid groups is 2. The van der Waals surface area contributed by atoms with Crippen molar-refractivity contribution in [2.75, 3.05) is 39.6 Å². The van der Waals surface area contributed by atoms with E-state index in [1.807, 2.05) is 0 Å². The molecule has 0 radical (unpaired) electrons. The minimum atomic E-state index is -4.96. The molecule has 17 nitrogen and oxygen atoms in total. The number of rotatable bonds is 74. The molecule has 94 heavy (non-hydrogen) atoms. The monoisotopic (exact) mass is 1380 g/mol. The molecule has 19 heteroatoms. The number of phosphoric ester groups is 2. The van der Waals surface area contributed by atoms with Crippen molar-refractivity contribution in [1.82, 2.24) is 0 Å². The van der Waals surface area contributed by atoms with Crippen molar-refractivity contribution in [3.8, 4) is 0 Å². The molecule has 0 saturated carbocycles. The summed E-state index contributed by atoms with van der Waals surface area (Å²) in [5.74, 6) is -0.518. The molecule has 0 aromatic heterocycles. The molecule has 6 atom stereocenters. The minimum absolute atomic E-state index is 0.107. The van der Waals surface area contributed by atoms with Gasteiger partial charge in [-0.1, -0.05) is 337 Å². The second-order valence-electron chi connectivity index (χ2n) is 27.8. The molecule has 0 aliphatic rings. The van der Waals surface area contributed by atoms with E-state index in [2.05, 4.69) is 41.5 Å². The molecule has 0 aromatic carbocycles. The summed E-state index contributed by atoms with van der Waals surface area (Å²) >= 11 is 0. The van der Waals surface area contributed by atoms with Gasteiger partial charge in [0.15, 0.2) is 12.2 Å². The van der Waals surface area contributed by atoms with Crippen LogP contribution in [0.2, 0.25) is 0 Å². The van der Waals surface area contributed by atoms with Crippen molar-refractivity contribution in [1.29, 1.82) is 0 Å². The third kappa shape index (κ3) is 67.3. The van der Waals surface area contributed by atoms with Gasteiger partial charge < -0.3 is 33.8 Å². The molecule has 0 aliphatic heterocycles. The lowest BCUT2D eigenvalue weighted by Crippen LogP contribution is -2.30. The predicted molar refractivity (Wildman–Crippen MR) is 381 cm³/mol. The SMILES string of the molecule is CCCCCCCCCCCCCCCC(=O)O[C@H](COC(=O)CCCCCCCCCCCCC)COP(=O)(O)OC[C@H](O)COP(=O)(O)OC[C@@H](COC(=O)CCCCCCCCCCCCC(C)CC)OC(=O)CCCCCCCCCCCCCCCC(C)C. The summed E-state index contributed by atoms with van der Waals surface area (Å²) in [6.07, 6.45) is 53.8. The van der Waals surface area contributed by atoms with Gasteiger partial charge in [0.05, 0.1) is 26.4 Å². The van der Waals surface area contributed by atoms with Crippen molar-refractivity contribution in [3.63, 3.8) is 0 Å². The van der Waals surface area contributed by atoms with Crippen LogP contribution in [0.4, 0.5) is 0 Å². The van der Waals surface area contributed by atoms with Gasteiger partial charge in [-0.15, -0.1) is 0 Å². The van der Waals surface area contributed by atoms with Crippen molar-refractivity contribution >= 4 is 39.5 Å². The van der Waals surface area contributed by atoms with E-state index in [0.29, 0.717) is 25.7 Å². The van der Waals surface area contributed by atoms with E-state index in [9.17, 15) is 43.2 Å². The minimum Gasteiger partial charge on any atom is -0.462 e. The van der Waals surface area contributed by atoms with Crippen LogP contribution in [-0.4, -0.2) is 96.7 Å². The van der Waals surface area contributed by atoms with Crippen LogP contribution in [0.25, 0.3) is 0 Å². The number of aliphatic hydroxyl groups is 1. The molecule has 3 unspecified atom stereocenters. The fraction of sp³-hybridized carbons (Fsp3) is 0.947. The van der Waals surface area contributed by atoms with E-state index in [-0.39, 0.29) is 25.7 Å². The number of hydrogen-bond acceptors (Lipinski definition) is 15. The first-order valence-corrected chi connectivity index (χ1v) is 42.0. The summed E-state index contributed by atoms with van der Waals surface area (Å²) < 4.78 is 68.5. The molecule has 558 valence electrons. The van der Waals surface area contributed by atoms with Gasteiger partial charge in [-0.05, 0) is 37.5 Å². The average molecular weight is 1380 g/mol. The number of hydrogen-bond donors (Lipinski definition) is 3. The summed E-state index contributed by atoms with van der Waals surface area (Å²) in [5, 5.41) is 10.6. The van der Waals surface area contributed by atoms with Crippen LogP contribution in [0.3, 0.4) is 0 Å². The molecular formula is C75H146O17P2. The highest BCUT2D eigenvalue weighted by Gasteiger charge is 2.30. The van der Waals surface area contributed by atoms with E-state index in [1.165, 1.54) is 205 Å². The summed E-state index contributed by atoms with van der Waals surface area (Å²) in [6.45, 7) is 9.64. The lowest BCUT2D eigenvalue weighted by Gasteiger charge is -2.21. The van der Waals surface area contributed by atoms with Crippen LogP contribution >= 0.6 is 15.6 Å². The largest absolute Gasteiger partial charge is 0.472 e. The zero-order chi connectivity index (χ0) is 69.3. The fourth-order valence-corrected chi connectivity index (χ4v) is 13.0. The molecule has 3 N–H and O–H groups in total. The normalized spacial score (nSPS) is 14.3. The Balaban J connectivity index is 5.26. The van der Waals surface area contributed by atoms with Crippen molar-refractivity contribution < 1.29 is 80.2 Å². The Morgan fingerprint density at radius 1 is 0.309 bits per heavy atom. The zero-order valence-electron chi connectivity index (χ0n) is 61.3. The Labute approximate surface area is 575 Å². The second kappa shape index (κ2) is 66.9. The van der Waals surface area contributed by atoms with Crippen LogP contribution in [-0.2, 0) is 65.4 Å². The smallest absolute Gasteiger partial charge is 0.462 e. The number of unbranched alkanes of at least 4 members (excludes halogenated alkanes) is 43. The summed E-state index contributed by atoms with van der Waals surface area (Å²) in [7, 11) is -9.91. The van der Waals surface area contributed by atoms with Crippen LogP contribution in [0, 0.1) is 11.8 Å². The summed E-state index contributed by atoms with van der Waals surface area (Å²) in [6, 6.07) is 0. The summed E-state index contributed by atoms with van der Waals surface area (Å²) in [5.41, 5.74) is 0. The molecular weight excluding hydrogens is 1230 g/mol. The van der Waals surface area contributed by atoms with Gasteiger partial charge in [-0.25, -0.2) is 9.13 Å². The van der Waals surface area contributed by atoms with E-state index < -0.39 is 97.5 Å². The number of aliphatic hydroxyl groups excluding tert-OH is 1. The highest BCUT2D eigenvalue weighted by Crippen LogP contribution is 2.45. The number of carbonyl (C=O) groups excluding carboxylic acids is 4. The maximum Gasteiger partial charge on any atom is 0.472 e. The van der Waals surface area contributed by atoms with Crippen LogP contribution in [0.1, 0.15) is 388 Å². The Morgan fingerprint density at radius 2 is 0.543 bits per heavy atom. The number of carbonyl (C=O) groups is 4. The first-order chi connectivity index (χ1) is 45.4. The van der Waals surface area contributed by atoms with Crippen molar-refractivity contribution in [2.45, 2.75) is 407 Å². The van der Waals surface area contributed by atoms with Crippen molar-refractivity contribution in [3.05, 3.63) is 0 Å². The standard InChI is InChI=1S/C75H146O17P2/c1-7-10-12-14-16-18-20-22-27-35-41-47-53-59-74(79)91-70(63-85-72(77)57-51-45-39-33-25-19-17-15-13-11-8-2)65-89-93(81,82)87-61-69(76)62-88-94(83,84)90-66-71(64-86-73(78)58-52-46-40-34-30-29-32-38-44-50-56-68(6)9-3)92-75(80)60-54-48-42-36-28-24-21-23-26-31-37-43-49-55-67(4)5/h67-71,76H,7-66H2,1-6H3,(H,81,82)(H,83,84)/t68?,69-,70+,71+/m0/s1. The first-order valence-electron chi connectivity index (χ1n) is 39.0. The number of esters is 4.